The average molecular weight is 594 g/mol. The van der Waals surface area contributed by atoms with Gasteiger partial charge in [-0.05, 0) is 61.0 Å². The molecule has 1 aliphatic rings. The molecule has 1 aliphatic heterocycles. The fourth-order valence-corrected chi connectivity index (χ4v) is 6.88. The van der Waals surface area contributed by atoms with Gasteiger partial charge in [-0.1, -0.05) is 29.8 Å². The maximum Gasteiger partial charge on any atom is 0.263 e. The van der Waals surface area contributed by atoms with E-state index >= 15 is 0 Å². The number of para-hydroxylation sites is 1. The van der Waals surface area contributed by atoms with E-state index in [1.54, 1.807) is 43.3 Å². The van der Waals surface area contributed by atoms with E-state index < -0.39 is 26.0 Å². The Morgan fingerprint density at radius 2 is 1.69 bits per heavy atom. The number of halogens is 1. The van der Waals surface area contributed by atoms with Crippen LogP contribution in [0.3, 0.4) is 0 Å². The summed E-state index contributed by atoms with van der Waals surface area (Å²) in [7, 11) is -7.64. The Balaban J connectivity index is 1.32. The van der Waals surface area contributed by atoms with Gasteiger partial charge in [0, 0.05) is 18.7 Å². The summed E-state index contributed by atoms with van der Waals surface area (Å²) in [4.78, 5) is 12.6. The SMILES string of the molecule is Cc1ccccc1NS(=O)(=O)c1cc(C(=O)NCCOc2ccc(S(=O)(=O)N3CCOCC3)cc2)ccc1Cl. The lowest BCUT2D eigenvalue weighted by atomic mass is 10.2. The van der Waals surface area contributed by atoms with Gasteiger partial charge in [-0.3, -0.25) is 9.52 Å². The molecule has 2 N–H and O–H groups in total. The van der Waals surface area contributed by atoms with Gasteiger partial charge in [0.2, 0.25) is 10.0 Å². The summed E-state index contributed by atoms with van der Waals surface area (Å²) in [6.45, 7) is 3.35. The van der Waals surface area contributed by atoms with E-state index in [2.05, 4.69) is 10.0 Å². The van der Waals surface area contributed by atoms with Crippen molar-refractivity contribution in [2.24, 2.45) is 0 Å². The predicted octanol–water partition coefficient (Wildman–Crippen LogP) is 3.28. The van der Waals surface area contributed by atoms with Crippen molar-refractivity contribution in [2.75, 3.05) is 44.2 Å². The number of ether oxygens (including phenoxy) is 2. The molecule has 0 bridgehead atoms. The fraction of sp³-hybridized carbons (Fsp3) is 0.269. The molecule has 0 aliphatic carbocycles. The van der Waals surface area contributed by atoms with Gasteiger partial charge >= 0.3 is 0 Å². The molecule has 3 aromatic rings. The lowest BCUT2D eigenvalue weighted by Crippen LogP contribution is -2.40. The normalized spacial score (nSPS) is 14.5. The molecule has 0 spiro atoms. The van der Waals surface area contributed by atoms with Crippen molar-refractivity contribution in [1.82, 2.24) is 9.62 Å². The van der Waals surface area contributed by atoms with Gasteiger partial charge in [-0.25, -0.2) is 16.8 Å². The van der Waals surface area contributed by atoms with Crippen LogP contribution in [0.2, 0.25) is 5.02 Å². The Morgan fingerprint density at radius 3 is 2.38 bits per heavy atom. The second-order valence-corrected chi connectivity index (χ2v) is 12.7. The first-order valence-corrected chi connectivity index (χ1v) is 15.3. The summed E-state index contributed by atoms with van der Waals surface area (Å²) >= 11 is 6.15. The Morgan fingerprint density at radius 1 is 1.00 bits per heavy atom. The maximum absolute atomic E-state index is 12.9. The summed E-state index contributed by atoms with van der Waals surface area (Å²) in [6, 6.07) is 16.9. The van der Waals surface area contributed by atoms with E-state index in [0.717, 1.165) is 5.56 Å². The molecule has 3 aromatic carbocycles. The molecule has 1 saturated heterocycles. The third-order valence-corrected chi connectivity index (χ3v) is 9.72. The van der Waals surface area contributed by atoms with Crippen molar-refractivity contribution in [2.45, 2.75) is 16.7 Å². The lowest BCUT2D eigenvalue weighted by molar-refractivity contribution is 0.0730. The highest BCUT2D eigenvalue weighted by Crippen LogP contribution is 2.26. The average Bonchev–Trinajstić information content (AvgIpc) is 2.93. The molecule has 1 heterocycles. The van der Waals surface area contributed by atoms with E-state index in [0.29, 0.717) is 37.7 Å². The topological polar surface area (TPSA) is 131 Å². The molecule has 13 heteroatoms. The number of nitrogens with one attached hydrogen (secondary N) is 2. The molecule has 0 saturated carbocycles. The Labute approximate surface area is 233 Å². The summed E-state index contributed by atoms with van der Waals surface area (Å²) in [6.07, 6.45) is 0. The standard InChI is InChI=1S/C26H28ClN3O7S2/c1-19-4-2-3-5-24(19)29-38(32,33)25-18-20(6-11-23(25)27)26(31)28-12-15-37-21-7-9-22(10-8-21)39(34,35)30-13-16-36-17-14-30/h2-11,18,29H,12-17H2,1H3,(H,28,31). The Hall–Kier alpha value is -3.16. The number of hydrogen-bond donors (Lipinski definition) is 2. The van der Waals surface area contributed by atoms with Gasteiger partial charge in [0.1, 0.15) is 17.3 Å². The maximum atomic E-state index is 12.9. The molecule has 1 amide bonds. The van der Waals surface area contributed by atoms with Crippen molar-refractivity contribution in [1.29, 1.82) is 0 Å². The van der Waals surface area contributed by atoms with Crippen LogP contribution in [-0.4, -0.2) is 66.5 Å². The second kappa shape index (κ2) is 12.3. The number of benzene rings is 3. The van der Waals surface area contributed by atoms with Crippen LogP contribution >= 0.6 is 11.6 Å². The van der Waals surface area contributed by atoms with Crippen LogP contribution in [0.15, 0.2) is 76.5 Å². The van der Waals surface area contributed by atoms with Gasteiger partial charge < -0.3 is 14.8 Å². The van der Waals surface area contributed by atoms with Crippen LogP contribution in [0.25, 0.3) is 0 Å². The van der Waals surface area contributed by atoms with Crippen molar-refractivity contribution in [3.05, 3.63) is 82.9 Å². The summed E-state index contributed by atoms with van der Waals surface area (Å²) in [5, 5.41) is 2.65. The van der Waals surface area contributed by atoms with E-state index in [4.69, 9.17) is 21.1 Å². The molecule has 4 rings (SSSR count). The van der Waals surface area contributed by atoms with Crippen molar-refractivity contribution >= 4 is 43.2 Å². The molecule has 0 unspecified atom stereocenters. The minimum absolute atomic E-state index is 0.0185. The first-order chi connectivity index (χ1) is 18.6. The summed E-state index contributed by atoms with van der Waals surface area (Å²) < 4.78 is 66.0. The van der Waals surface area contributed by atoms with Gasteiger partial charge in [0.25, 0.3) is 15.9 Å². The van der Waals surface area contributed by atoms with Crippen LogP contribution in [0.5, 0.6) is 5.75 Å². The number of carbonyl (C=O) groups excluding carboxylic acids is 1. The highest BCUT2D eigenvalue weighted by molar-refractivity contribution is 7.92. The van der Waals surface area contributed by atoms with E-state index in [1.165, 1.54) is 34.6 Å². The highest BCUT2D eigenvalue weighted by atomic mass is 35.5. The smallest absolute Gasteiger partial charge is 0.263 e. The third kappa shape index (κ3) is 7.08. The fourth-order valence-electron chi connectivity index (χ4n) is 3.82. The quantitative estimate of drug-likeness (QED) is 0.345. The second-order valence-electron chi connectivity index (χ2n) is 8.66. The van der Waals surface area contributed by atoms with E-state index in [9.17, 15) is 21.6 Å². The van der Waals surface area contributed by atoms with Crippen LogP contribution in [-0.2, 0) is 24.8 Å². The number of sulfonamides is 2. The van der Waals surface area contributed by atoms with Crippen molar-refractivity contribution < 1.29 is 31.1 Å². The zero-order valence-corrected chi connectivity index (χ0v) is 23.5. The van der Waals surface area contributed by atoms with Crippen LogP contribution in [0.4, 0.5) is 5.69 Å². The molecule has 0 aromatic heterocycles. The molecule has 0 radical (unpaired) electrons. The number of nitrogens with zero attached hydrogens (tertiary/aromatic N) is 1. The summed E-state index contributed by atoms with van der Waals surface area (Å²) in [5.41, 5.74) is 1.26. The number of morpholine rings is 1. The number of anilines is 1. The third-order valence-electron chi connectivity index (χ3n) is 5.96. The number of rotatable bonds is 10. The molecule has 0 atom stereocenters. The zero-order chi connectivity index (χ0) is 28.0. The number of hydrogen-bond acceptors (Lipinski definition) is 7. The molecule has 208 valence electrons. The Kier molecular flexibility index (Phi) is 9.13. The Bertz CT molecular complexity index is 1540. The monoisotopic (exact) mass is 593 g/mol. The zero-order valence-electron chi connectivity index (χ0n) is 21.1. The predicted molar refractivity (Wildman–Crippen MR) is 147 cm³/mol. The van der Waals surface area contributed by atoms with Crippen LogP contribution in [0.1, 0.15) is 15.9 Å². The van der Waals surface area contributed by atoms with Crippen LogP contribution < -0.4 is 14.8 Å². The molecular weight excluding hydrogens is 566 g/mol. The van der Waals surface area contributed by atoms with E-state index in [-0.39, 0.29) is 33.5 Å². The van der Waals surface area contributed by atoms with Crippen LogP contribution in [0, 0.1) is 6.92 Å². The van der Waals surface area contributed by atoms with Crippen molar-refractivity contribution in [3.8, 4) is 5.75 Å². The minimum atomic E-state index is -4.04. The largest absolute Gasteiger partial charge is 0.492 e. The lowest BCUT2D eigenvalue weighted by Gasteiger charge is -2.26. The first kappa shape index (κ1) is 28.8. The number of aryl methyl sites for hydroxylation is 1. The first-order valence-electron chi connectivity index (χ1n) is 12.0. The molecular formula is C26H28ClN3O7S2. The highest BCUT2D eigenvalue weighted by Gasteiger charge is 2.26. The van der Waals surface area contributed by atoms with Gasteiger partial charge in [-0.2, -0.15) is 4.31 Å². The van der Waals surface area contributed by atoms with Gasteiger partial charge in [0.15, 0.2) is 0 Å². The minimum Gasteiger partial charge on any atom is -0.492 e. The number of carbonyl (C=O) groups is 1. The summed E-state index contributed by atoms with van der Waals surface area (Å²) in [5.74, 6) is -0.0677. The van der Waals surface area contributed by atoms with E-state index in [1.807, 2.05) is 0 Å². The molecule has 10 nitrogen and oxygen atoms in total. The number of amides is 1. The van der Waals surface area contributed by atoms with Gasteiger partial charge in [0.05, 0.1) is 35.4 Å². The molecule has 39 heavy (non-hydrogen) atoms. The van der Waals surface area contributed by atoms with Gasteiger partial charge in [-0.15, -0.1) is 0 Å². The molecule has 1 fully saturated rings. The van der Waals surface area contributed by atoms with Crippen molar-refractivity contribution in [3.63, 3.8) is 0 Å².